The molecule has 1 fully saturated rings. The van der Waals surface area contributed by atoms with Gasteiger partial charge in [0.15, 0.2) is 0 Å². The molecule has 3 rings (SSSR count). The van der Waals surface area contributed by atoms with Gasteiger partial charge in [-0.1, -0.05) is 72.1 Å². The molecule has 1 saturated heterocycles. The molecule has 0 aliphatic carbocycles. The predicted octanol–water partition coefficient (Wildman–Crippen LogP) is 5.55. The molecule has 1 aliphatic heterocycles. The van der Waals surface area contributed by atoms with Crippen molar-refractivity contribution in [2.45, 2.75) is 11.9 Å². The van der Waals surface area contributed by atoms with Gasteiger partial charge in [0.05, 0.1) is 11.9 Å². The van der Waals surface area contributed by atoms with E-state index in [4.69, 9.17) is 9.47 Å². The topological polar surface area (TPSA) is 18.5 Å². The van der Waals surface area contributed by atoms with Crippen LogP contribution in [0.15, 0.2) is 57.5 Å². The molecule has 0 spiro atoms. The van der Waals surface area contributed by atoms with E-state index in [1.165, 1.54) is 0 Å². The highest BCUT2D eigenvalue weighted by atomic mass is 79.9. The summed E-state index contributed by atoms with van der Waals surface area (Å²) in [7, 11) is 0. The Balaban J connectivity index is 1.85. The van der Waals surface area contributed by atoms with Crippen LogP contribution < -0.4 is 0 Å². The number of alkyl halides is 1. The van der Waals surface area contributed by atoms with Crippen molar-refractivity contribution in [2.24, 2.45) is 0 Å². The van der Waals surface area contributed by atoms with E-state index >= 15 is 0 Å². The lowest BCUT2D eigenvalue weighted by Gasteiger charge is -2.26. The highest BCUT2D eigenvalue weighted by Crippen LogP contribution is 2.42. The maximum atomic E-state index is 6.25. The van der Waals surface area contributed by atoms with E-state index < -0.39 is 5.79 Å². The maximum absolute atomic E-state index is 6.25. The highest BCUT2D eigenvalue weighted by Gasteiger charge is 2.42. The molecule has 0 aromatic heterocycles. The highest BCUT2D eigenvalue weighted by molar-refractivity contribution is 9.10. The molecule has 2 aromatic rings. The van der Waals surface area contributed by atoms with E-state index in [1.807, 2.05) is 36.4 Å². The molecule has 0 radical (unpaired) electrons. The van der Waals surface area contributed by atoms with Gasteiger partial charge in [-0.15, -0.1) is 0 Å². The first-order chi connectivity index (χ1) is 10.1. The van der Waals surface area contributed by atoms with Gasteiger partial charge in [0.2, 0.25) is 5.79 Å². The largest absolute Gasteiger partial charge is 0.342 e. The Bertz CT molecular complexity index is 612. The summed E-state index contributed by atoms with van der Waals surface area (Å²) in [5.41, 5.74) is 2.14. The Morgan fingerprint density at radius 2 is 1.52 bits per heavy atom. The van der Waals surface area contributed by atoms with Crippen LogP contribution in [0.4, 0.5) is 0 Å². The molecule has 2 atom stereocenters. The average Bonchev–Trinajstić information content (AvgIpc) is 2.94. The fourth-order valence-corrected chi connectivity index (χ4v) is 3.50. The van der Waals surface area contributed by atoms with Crippen LogP contribution in [0.1, 0.15) is 17.2 Å². The van der Waals surface area contributed by atoms with Gasteiger partial charge in [0.1, 0.15) is 6.10 Å². The third-order valence-corrected chi connectivity index (χ3v) is 5.30. The first-order valence-electron chi connectivity index (χ1n) is 6.52. The Morgan fingerprint density at radius 1 is 0.952 bits per heavy atom. The third-order valence-electron chi connectivity index (χ3n) is 3.50. The van der Waals surface area contributed by atoms with Crippen LogP contribution in [0.5, 0.6) is 0 Å². The second kappa shape index (κ2) is 6.50. The van der Waals surface area contributed by atoms with Crippen molar-refractivity contribution >= 4 is 47.8 Å². The van der Waals surface area contributed by atoms with Crippen molar-refractivity contribution < 1.29 is 9.47 Å². The number of benzene rings is 2. The Morgan fingerprint density at radius 3 is 2.10 bits per heavy atom. The number of halogens is 3. The standard InChI is InChI=1S/C16H13Br3O2/c17-10-16(12-3-7-14(19)8-4-12)20-9-15(21-16)11-1-5-13(18)6-2-11/h1-8,15H,9-10H2/t15-,16+/m0/s1. The Labute approximate surface area is 149 Å². The number of hydrogen-bond acceptors (Lipinski definition) is 2. The molecule has 1 aliphatic rings. The molecule has 2 aromatic carbocycles. The van der Waals surface area contributed by atoms with Crippen LogP contribution >= 0.6 is 47.8 Å². The van der Waals surface area contributed by atoms with Gasteiger partial charge < -0.3 is 9.47 Å². The Hall–Kier alpha value is -0.200. The van der Waals surface area contributed by atoms with Gasteiger partial charge in [-0.05, 0) is 29.8 Å². The summed E-state index contributed by atoms with van der Waals surface area (Å²) in [6.07, 6.45) is -0.0562. The normalized spacial score (nSPS) is 25.2. The molecule has 0 amide bonds. The zero-order valence-corrected chi connectivity index (χ0v) is 15.8. The van der Waals surface area contributed by atoms with E-state index in [2.05, 4.69) is 59.9 Å². The van der Waals surface area contributed by atoms with Crippen molar-refractivity contribution in [2.75, 3.05) is 11.9 Å². The quantitative estimate of drug-likeness (QED) is 0.541. The molecular weight excluding hydrogens is 464 g/mol. The van der Waals surface area contributed by atoms with Gasteiger partial charge in [-0.2, -0.15) is 0 Å². The van der Waals surface area contributed by atoms with Gasteiger partial charge in [-0.25, -0.2) is 0 Å². The summed E-state index contributed by atoms with van der Waals surface area (Å²) in [6, 6.07) is 16.2. The van der Waals surface area contributed by atoms with E-state index in [0.29, 0.717) is 11.9 Å². The van der Waals surface area contributed by atoms with Crippen LogP contribution in [-0.4, -0.2) is 11.9 Å². The fraction of sp³-hybridized carbons (Fsp3) is 0.250. The van der Waals surface area contributed by atoms with E-state index in [9.17, 15) is 0 Å². The second-order valence-electron chi connectivity index (χ2n) is 4.86. The predicted molar refractivity (Wildman–Crippen MR) is 93.5 cm³/mol. The summed E-state index contributed by atoms with van der Waals surface area (Å²) in [5.74, 6) is -0.724. The summed E-state index contributed by atoms with van der Waals surface area (Å²) in [4.78, 5) is 0. The van der Waals surface area contributed by atoms with E-state index in [0.717, 1.165) is 20.1 Å². The molecule has 0 N–H and O–H groups in total. The summed E-state index contributed by atoms with van der Waals surface area (Å²) in [6.45, 7) is 0.545. The zero-order chi connectivity index (χ0) is 14.9. The zero-order valence-electron chi connectivity index (χ0n) is 11.1. The minimum Gasteiger partial charge on any atom is -0.342 e. The molecule has 21 heavy (non-hydrogen) atoms. The number of hydrogen-bond donors (Lipinski definition) is 0. The number of rotatable bonds is 3. The average molecular weight is 477 g/mol. The first kappa shape index (κ1) is 15.7. The SMILES string of the molecule is BrC[C@@]1(c2ccc(Br)cc2)OC[C@@H](c2ccc(Br)cc2)O1. The summed E-state index contributed by atoms with van der Waals surface area (Å²) < 4.78 is 14.4. The van der Waals surface area contributed by atoms with E-state index in [-0.39, 0.29) is 6.10 Å². The van der Waals surface area contributed by atoms with Crippen molar-refractivity contribution in [3.8, 4) is 0 Å². The smallest absolute Gasteiger partial charge is 0.205 e. The van der Waals surface area contributed by atoms with Crippen molar-refractivity contribution in [3.05, 3.63) is 68.6 Å². The van der Waals surface area contributed by atoms with E-state index in [1.54, 1.807) is 0 Å². The summed E-state index contributed by atoms with van der Waals surface area (Å²) >= 11 is 10.4. The Kier molecular flexibility index (Phi) is 4.86. The van der Waals surface area contributed by atoms with Gasteiger partial charge >= 0.3 is 0 Å². The molecule has 5 heteroatoms. The molecule has 2 nitrogen and oxygen atoms in total. The van der Waals surface area contributed by atoms with Crippen molar-refractivity contribution in [3.63, 3.8) is 0 Å². The lowest BCUT2D eigenvalue weighted by Crippen LogP contribution is -2.29. The van der Waals surface area contributed by atoms with Gasteiger partial charge in [0.25, 0.3) is 0 Å². The molecule has 0 saturated carbocycles. The lowest BCUT2D eigenvalue weighted by atomic mass is 10.1. The minimum atomic E-state index is -0.724. The van der Waals surface area contributed by atoms with Crippen LogP contribution in [0.2, 0.25) is 0 Å². The minimum absolute atomic E-state index is 0.0562. The number of ether oxygens (including phenoxy) is 2. The van der Waals surface area contributed by atoms with Gasteiger partial charge in [0, 0.05) is 14.5 Å². The van der Waals surface area contributed by atoms with Crippen LogP contribution in [0.25, 0.3) is 0 Å². The molecule has 110 valence electrons. The monoisotopic (exact) mass is 474 g/mol. The van der Waals surface area contributed by atoms with Crippen LogP contribution in [0.3, 0.4) is 0 Å². The van der Waals surface area contributed by atoms with Crippen molar-refractivity contribution in [1.82, 2.24) is 0 Å². The molecule has 1 heterocycles. The van der Waals surface area contributed by atoms with Gasteiger partial charge in [-0.3, -0.25) is 0 Å². The first-order valence-corrected chi connectivity index (χ1v) is 9.23. The molecule has 0 unspecified atom stereocenters. The molecular formula is C16H13Br3O2. The fourth-order valence-electron chi connectivity index (χ4n) is 2.35. The van der Waals surface area contributed by atoms with Crippen LogP contribution in [0, 0.1) is 0 Å². The van der Waals surface area contributed by atoms with Crippen molar-refractivity contribution in [1.29, 1.82) is 0 Å². The third kappa shape index (κ3) is 3.27. The second-order valence-corrected chi connectivity index (χ2v) is 7.25. The summed E-state index contributed by atoms with van der Waals surface area (Å²) in [5, 5.41) is 0.592. The maximum Gasteiger partial charge on any atom is 0.205 e. The molecule has 0 bridgehead atoms. The lowest BCUT2D eigenvalue weighted by molar-refractivity contribution is -0.157. The van der Waals surface area contributed by atoms with Crippen LogP contribution in [-0.2, 0) is 15.3 Å².